The first-order chi connectivity index (χ1) is 9.02. The predicted molar refractivity (Wildman–Crippen MR) is 77.0 cm³/mol. The van der Waals surface area contributed by atoms with E-state index in [0.29, 0.717) is 16.6 Å². The lowest BCUT2D eigenvalue weighted by Gasteiger charge is -2.03. The summed E-state index contributed by atoms with van der Waals surface area (Å²) in [7, 11) is 1.30. The molecule has 0 bridgehead atoms. The van der Waals surface area contributed by atoms with Crippen molar-refractivity contribution in [1.82, 2.24) is 9.97 Å². The number of hydrogen-bond donors (Lipinski definition) is 3. The molecule has 2 rings (SSSR count). The molecule has 2 aromatic rings. The molecule has 8 heteroatoms. The third-order valence-corrected chi connectivity index (χ3v) is 2.57. The second-order valence-corrected chi connectivity index (χ2v) is 4.06. The van der Waals surface area contributed by atoms with Crippen LogP contribution >= 0.6 is 12.4 Å². The van der Waals surface area contributed by atoms with Crippen molar-refractivity contribution in [2.75, 3.05) is 12.4 Å². The van der Waals surface area contributed by atoms with E-state index in [-0.39, 0.29) is 24.3 Å². The fourth-order valence-electron chi connectivity index (χ4n) is 1.60. The molecule has 108 valence electrons. The van der Waals surface area contributed by atoms with Crippen LogP contribution in [0.3, 0.4) is 0 Å². The van der Waals surface area contributed by atoms with Gasteiger partial charge in [0.25, 0.3) is 0 Å². The van der Waals surface area contributed by atoms with E-state index in [0.717, 1.165) is 0 Å². The lowest BCUT2D eigenvalue weighted by Crippen LogP contribution is -2.32. The molecule has 1 aromatic carbocycles. The zero-order valence-electron chi connectivity index (χ0n) is 11.0. The molecule has 0 radical (unpaired) electrons. The van der Waals surface area contributed by atoms with Crippen LogP contribution in [0.25, 0.3) is 11.0 Å². The Kier molecular flexibility index (Phi) is 5.06. The molecule has 1 atom stereocenters. The number of benzene rings is 1. The Bertz CT molecular complexity index is 639. The van der Waals surface area contributed by atoms with Crippen molar-refractivity contribution in [1.29, 1.82) is 0 Å². The van der Waals surface area contributed by atoms with Gasteiger partial charge >= 0.3 is 5.97 Å². The Morgan fingerprint density at radius 3 is 2.75 bits per heavy atom. The third kappa shape index (κ3) is 3.06. The van der Waals surface area contributed by atoms with Gasteiger partial charge in [-0.05, 0) is 19.1 Å². The number of nitrogens with two attached hydrogens (primary N) is 1. The van der Waals surface area contributed by atoms with E-state index < -0.39 is 12.0 Å². The predicted octanol–water partition coefficient (Wildman–Crippen LogP) is 1.06. The summed E-state index contributed by atoms with van der Waals surface area (Å²) >= 11 is 0. The molecule has 1 aromatic heterocycles. The monoisotopic (exact) mass is 298 g/mol. The van der Waals surface area contributed by atoms with Crippen LogP contribution in [0.4, 0.5) is 5.95 Å². The summed E-state index contributed by atoms with van der Waals surface area (Å²) in [6.45, 7) is 1.57. The Morgan fingerprint density at radius 2 is 2.15 bits per heavy atom. The number of nitrogens with zero attached hydrogens (tertiary/aromatic N) is 1. The van der Waals surface area contributed by atoms with Gasteiger partial charge in [0.15, 0.2) is 0 Å². The summed E-state index contributed by atoms with van der Waals surface area (Å²) in [5.41, 5.74) is 6.85. The van der Waals surface area contributed by atoms with Crippen LogP contribution in [0.2, 0.25) is 0 Å². The molecule has 0 aliphatic rings. The number of aromatic amines is 1. The number of halogens is 1. The number of nitrogens with one attached hydrogen (secondary N) is 2. The van der Waals surface area contributed by atoms with Crippen molar-refractivity contribution in [3.8, 4) is 0 Å². The SMILES string of the molecule is COC(=O)c1cccc2[nH]c(NC(=O)C(C)N)nc12.Cl. The van der Waals surface area contributed by atoms with Gasteiger partial charge in [0.05, 0.1) is 24.2 Å². The van der Waals surface area contributed by atoms with E-state index in [1.807, 2.05) is 0 Å². The van der Waals surface area contributed by atoms with Gasteiger partial charge in [-0.1, -0.05) is 6.07 Å². The van der Waals surface area contributed by atoms with Crippen LogP contribution in [0.5, 0.6) is 0 Å². The number of carbonyl (C=O) groups is 2. The number of hydrogen-bond acceptors (Lipinski definition) is 5. The number of para-hydroxylation sites is 1. The number of rotatable bonds is 3. The maximum atomic E-state index is 11.6. The third-order valence-electron chi connectivity index (χ3n) is 2.57. The normalized spacial score (nSPS) is 11.6. The van der Waals surface area contributed by atoms with Crippen molar-refractivity contribution in [2.45, 2.75) is 13.0 Å². The van der Waals surface area contributed by atoms with Gasteiger partial charge in [-0.3, -0.25) is 10.1 Å². The number of anilines is 1. The van der Waals surface area contributed by atoms with Crippen molar-refractivity contribution in [3.63, 3.8) is 0 Å². The minimum Gasteiger partial charge on any atom is -0.465 e. The molecule has 0 saturated carbocycles. The van der Waals surface area contributed by atoms with E-state index in [2.05, 4.69) is 20.0 Å². The highest BCUT2D eigenvalue weighted by Gasteiger charge is 2.15. The fourth-order valence-corrected chi connectivity index (χ4v) is 1.60. The molecule has 1 amide bonds. The number of ether oxygens (including phenoxy) is 1. The van der Waals surface area contributed by atoms with Crippen LogP contribution in [0, 0.1) is 0 Å². The standard InChI is InChI=1S/C12H14N4O3.ClH/c1-6(13)10(17)16-12-14-8-5-3-4-7(9(8)15-12)11(18)19-2;/h3-6H,13H2,1-2H3,(H2,14,15,16,17);1H. The summed E-state index contributed by atoms with van der Waals surface area (Å²) in [5, 5.41) is 2.53. The van der Waals surface area contributed by atoms with Crippen LogP contribution < -0.4 is 11.1 Å². The molecule has 0 aliphatic heterocycles. The highest BCUT2D eigenvalue weighted by atomic mass is 35.5. The van der Waals surface area contributed by atoms with Crippen LogP contribution in [0.1, 0.15) is 17.3 Å². The van der Waals surface area contributed by atoms with Crippen molar-refractivity contribution in [3.05, 3.63) is 23.8 Å². The minimum atomic E-state index is -0.645. The van der Waals surface area contributed by atoms with Crippen molar-refractivity contribution in [2.24, 2.45) is 5.73 Å². The molecule has 1 heterocycles. The summed E-state index contributed by atoms with van der Waals surface area (Å²) in [6.07, 6.45) is 0. The summed E-state index contributed by atoms with van der Waals surface area (Å²) in [5.74, 6) is -0.602. The number of amides is 1. The molecule has 0 saturated heterocycles. The highest BCUT2D eigenvalue weighted by molar-refractivity contribution is 6.03. The number of H-pyrrole nitrogens is 1. The smallest absolute Gasteiger partial charge is 0.340 e. The van der Waals surface area contributed by atoms with Gasteiger partial charge in [0.2, 0.25) is 11.9 Å². The molecule has 0 fully saturated rings. The summed E-state index contributed by atoms with van der Waals surface area (Å²) < 4.78 is 4.67. The quantitative estimate of drug-likeness (QED) is 0.734. The minimum absolute atomic E-state index is 0. The maximum absolute atomic E-state index is 11.6. The van der Waals surface area contributed by atoms with Crippen LogP contribution in [-0.4, -0.2) is 35.0 Å². The first kappa shape index (κ1) is 15.9. The second kappa shape index (κ2) is 6.36. The lowest BCUT2D eigenvalue weighted by atomic mass is 10.2. The maximum Gasteiger partial charge on any atom is 0.340 e. The number of imidazole rings is 1. The number of esters is 1. The van der Waals surface area contributed by atoms with E-state index >= 15 is 0 Å². The zero-order chi connectivity index (χ0) is 14.0. The average molecular weight is 299 g/mol. The largest absolute Gasteiger partial charge is 0.465 e. The number of carbonyl (C=O) groups excluding carboxylic acids is 2. The van der Waals surface area contributed by atoms with E-state index in [1.165, 1.54) is 7.11 Å². The molecule has 4 N–H and O–H groups in total. The van der Waals surface area contributed by atoms with Gasteiger partial charge in [-0.15, -0.1) is 12.4 Å². The first-order valence-corrected chi connectivity index (χ1v) is 5.66. The van der Waals surface area contributed by atoms with Gasteiger partial charge in [0, 0.05) is 0 Å². The van der Waals surface area contributed by atoms with Gasteiger partial charge in [0.1, 0.15) is 5.52 Å². The highest BCUT2D eigenvalue weighted by Crippen LogP contribution is 2.19. The molecular formula is C12H15ClN4O3. The number of methoxy groups -OCH3 is 1. The number of fused-ring (bicyclic) bond motifs is 1. The Labute approximate surface area is 121 Å². The molecule has 20 heavy (non-hydrogen) atoms. The molecule has 0 spiro atoms. The fraction of sp³-hybridized carbons (Fsp3) is 0.250. The van der Waals surface area contributed by atoms with Gasteiger partial charge in [-0.25, -0.2) is 9.78 Å². The molecule has 0 aliphatic carbocycles. The Morgan fingerprint density at radius 1 is 1.45 bits per heavy atom. The van der Waals surface area contributed by atoms with E-state index in [9.17, 15) is 9.59 Å². The summed E-state index contributed by atoms with van der Waals surface area (Å²) in [4.78, 5) is 30.1. The number of aromatic nitrogens is 2. The molecular weight excluding hydrogens is 284 g/mol. The van der Waals surface area contributed by atoms with Crippen LogP contribution in [0.15, 0.2) is 18.2 Å². The van der Waals surface area contributed by atoms with Crippen molar-refractivity contribution < 1.29 is 14.3 Å². The van der Waals surface area contributed by atoms with E-state index in [1.54, 1.807) is 25.1 Å². The van der Waals surface area contributed by atoms with Crippen molar-refractivity contribution >= 4 is 41.3 Å². The zero-order valence-corrected chi connectivity index (χ0v) is 11.8. The topological polar surface area (TPSA) is 110 Å². The molecule has 7 nitrogen and oxygen atoms in total. The van der Waals surface area contributed by atoms with E-state index in [4.69, 9.17) is 5.73 Å². The van der Waals surface area contributed by atoms with Gasteiger partial charge < -0.3 is 15.5 Å². The Hall–Kier alpha value is -2.12. The van der Waals surface area contributed by atoms with Crippen LogP contribution in [-0.2, 0) is 9.53 Å². The van der Waals surface area contributed by atoms with Gasteiger partial charge in [-0.2, -0.15) is 0 Å². The average Bonchev–Trinajstić information content (AvgIpc) is 2.79. The Balaban J connectivity index is 0.00000200. The lowest BCUT2D eigenvalue weighted by molar-refractivity contribution is -0.117. The molecule has 1 unspecified atom stereocenters. The summed E-state index contributed by atoms with van der Waals surface area (Å²) in [6, 6.07) is 4.40. The first-order valence-electron chi connectivity index (χ1n) is 5.66. The second-order valence-electron chi connectivity index (χ2n) is 4.06.